The number of aromatic nitrogens is 3. The molecule has 80 valence electrons. The molecular formula is C11H15N3O. The topological polar surface area (TPSA) is 50.2 Å². The SMILES string of the molecule is CCc1cc(=O)n2[nH]cc(C(C)C)c2n1. The van der Waals surface area contributed by atoms with E-state index in [9.17, 15) is 4.79 Å². The number of nitrogens with one attached hydrogen (secondary N) is 1. The fourth-order valence-corrected chi connectivity index (χ4v) is 1.65. The molecule has 0 spiro atoms. The predicted octanol–water partition coefficient (Wildman–Crippen LogP) is 1.71. The van der Waals surface area contributed by atoms with Crippen LogP contribution in [0.15, 0.2) is 17.1 Å². The molecule has 0 aliphatic heterocycles. The molecule has 2 heterocycles. The van der Waals surface area contributed by atoms with Crippen LogP contribution >= 0.6 is 0 Å². The molecule has 15 heavy (non-hydrogen) atoms. The Balaban J connectivity index is 2.78. The zero-order valence-electron chi connectivity index (χ0n) is 9.24. The number of aryl methyl sites for hydroxylation is 1. The van der Waals surface area contributed by atoms with E-state index in [1.807, 2.05) is 13.1 Å². The lowest BCUT2D eigenvalue weighted by atomic mass is 10.1. The van der Waals surface area contributed by atoms with E-state index < -0.39 is 0 Å². The molecule has 0 saturated carbocycles. The van der Waals surface area contributed by atoms with Crippen LogP contribution < -0.4 is 5.56 Å². The second-order valence-corrected chi connectivity index (χ2v) is 3.98. The van der Waals surface area contributed by atoms with Crippen molar-refractivity contribution in [2.75, 3.05) is 0 Å². The Labute approximate surface area is 87.9 Å². The standard InChI is InChI=1S/C11H15N3O/c1-4-8-5-10(15)14-11(13-8)9(6-12-14)7(2)3/h5-7,12H,4H2,1-3H3. The van der Waals surface area contributed by atoms with E-state index in [1.54, 1.807) is 6.07 Å². The Bertz CT molecular complexity index is 536. The van der Waals surface area contributed by atoms with Crippen molar-refractivity contribution in [1.29, 1.82) is 0 Å². The Morgan fingerprint density at radius 2 is 2.27 bits per heavy atom. The number of H-pyrrole nitrogens is 1. The molecule has 0 aliphatic rings. The lowest BCUT2D eigenvalue weighted by Gasteiger charge is -2.02. The predicted molar refractivity (Wildman–Crippen MR) is 59.3 cm³/mol. The first-order valence-electron chi connectivity index (χ1n) is 5.23. The Hall–Kier alpha value is -1.58. The molecule has 0 amide bonds. The van der Waals surface area contributed by atoms with Crippen molar-refractivity contribution in [1.82, 2.24) is 14.6 Å². The van der Waals surface area contributed by atoms with Crippen molar-refractivity contribution in [3.63, 3.8) is 0 Å². The molecular weight excluding hydrogens is 190 g/mol. The van der Waals surface area contributed by atoms with E-state index in [-0.39, 0.29) is 5.56 Å². The van der Waals surface area contributed by atoms with Crippen LogP contribution in [0.5, 0.6) is 0 Å². The summed E-state index contributed by atoms with van der Waals surface area (Å²) in [5.74, 6) is 0.366. The van der Waals surface area contributed by atoms with Gasteiger partial charge < -0.3 is 0 Å². The third kappa shape index (κ3) is 1.56. The highest BCUT2D eigenvalue weighted by atomic mass is 16.1. The van der Waals surface area contributed by atoms with Crippen LogP contribution in [0.25, 0.3) is 5.65 Å². The number of aromatic amines is 1. The molecule has 0 unspecified atom stereocenters. The lowest BCUT2D eigenvalue weighted by molar-refractivity contribution is 0.860. The van der Waals surface area contributed by atoms with E-state index in [4.69, 9.17) is 0 Å². The molecule has 0 atom stereocenters. The van der Waals surface area contributed by atoms with Gasteiger partial charge in [0.2, 0.25) is 0 Å². The van der Waals surface area contributed by atoms with Crippen LogP contribution in [0.3, 0.4) is 0 Å². The quantitative estimate of drug-likeness (QED) is 0.811. The summed E-state index contributed by atoms with van der Waals surface area (Å²) in [6.45, 7) is 6.18. The van der Waals surface area contributed by atoms with Crippen molar-refractivity contribution in [2.24, 2.45) is 0 Å². The summed E-state index contributed by atoms with van der Waals surface area (Å²) in [6.07, 6.45) is 2.64. The number of hydrogen-bond acceptors (Lipinski definition) is 2. The van der Waals surface area contributed by atoms with Crippen LogP contribution in [0.4, 0.5) is 0 Å². The van der Waals surface area contributed by atoms with Crippen molar-refractivity contribution in [3.05, 3.63) is 33.9 Å². The van der Waals surface area contributed by atoms with Crippen LogP contribution in [0, 0.1) is 0 Å². The van der Waals surface area contributed by atoms with E-state index >= 15 is 0 Å². The fraction of sp³-hybridized carbons (Fsp3) is 0.455. The van der Waals surface area contributed by atoms with Gasteiger partial charge in [0.15, 0.2) is 5.65 Å². The van der Waals surface area contributed by atoms with Crippen LogP contribution in [0.2, 0.25) is 0 Å². The van der Waals surface area contributed by atoms with Crippen molar-refractivity contribution in [2.45, 2.75) is 33.1 Å². The van der Waals surface area contributed by atoms with Crippen LogP contribution in [-0.4, -0.2) is 14.6 Å². The van der Waals surface area contributed by atoms with Gasteiger partial charge in [-0.25, -0.2) is 9.50 Å². The van der Waals surface area contributed by atoms with E-state index in [0.29, 0.717) is 5.92 Å². The first-order valence-corrected chi connectivity index (χ1v) is 5.23. The minimum Gasteiger partial charge on any atom is -0.297 e. The third-order valence-corrected chi connectivity index (χ3v) is 2.56. The number of hydrogen-bond donors (Lipinski definition) is 1. The number of fused-ring (bicyclic) bond motifs is 1. The summed E-state index contributed by atoms with van der Waals surface area (Å²) in [5, 5.41) is 2.93. The summed E-state index contributed by atoms with van der Waals surface area (Å²) in [5.41, 5.74) is 2.65. The smallest absolute Gasteiger partial charge is 0.272 e. The third-order valence-electron chi connectivity index (χ3n) is 2.56. The number of nitrogens with zero attached hydrogens (tertiary/aromatic N) is 2. The van der Waals surface area contributed by atoms with Gasteiger partial charge in [-0.05, 0) is 12.3 Å². The van der Waals surface area contributed by atoms with Crippen molar-refractivity contribution < 1.29 is 0 Å². The fourth-order valence-electron chi connectivity index (χ4n) is 1.65. The highest BCUT2D eigenvalue weighted by molar-refractivity contribution is 5.48. The monoisotopic (exact) mass is 205 g/mol. The average molecular weight is 205 g/mol. The second-order valence-electron chi connectivity index (χ2n) is 3.98. The lowest BCUT2D eigenvalue weighted by Crippen LogP contribution is -2.15. The minimum absolute atomic E-state index is 0.0382. The van der Waals surface area contributed by atoms with Gasteiger partial charge >= 0.3 is 0 Å². The summed E-state index contributed by atoms with van der Waals surface area (Å²) >= 11 is 0. The molecule has 0 bridgehead atoms. The maximum Gasteiger partial charge on any atom is 0.272 e. The maximum absolute atomic E-state index is 11.7. The summed E-state index contributed by atoms with van der Waals surface area (Å²) < 4.78 is 1.49. The molecule has 1 N–H and O–H groups in total. The Kier molecular flexibility index (Phi) is 2.34. The molecule has 2 aromatic heterocycles. The van der Waals surface area contributed by atoms with E-state index in [0.717, 1.165) is 23.3 Å². The van der Waals surface area contributed by atoms with Gasteiger partial charge in [0.05, 0.1) is 0 Å². The first-order chi connectivity index (χ1) is 7.13. The average Bonchev–Trinajstić information content (AvgIpc) is 2.61. The van der Waals surface area contributed by atoms with Gasteiger partial charge in [0.1, 0.15) is 0 Å². The van der Waals surface area contributed by atoms with Crippen molar-refractivity contribution in [3.8, 4) is 0 Å². The first kappa shape index (κ1) is 9.96. The molecule has 2 aromatic rings. The summed E-state index contributed by atoms with van der Waals surface area (Å²) in [7, 11) is 0. The minimum atomic E-state index is -0.0382. The zero-order valence-corrected chi connectivity index (χ0v) is 9.24. The highest BCUT2D eigenvalue weighted by Crippen LogP contribution is 2.17. The molecule has 0 fully saturated rings. The van der Waals surface area contributed by atoms with Crippen molar-refractivity contribution >= 4 is 5.65 Å². The normalized spacial score (nSPS) is 11.5. The van der Waals surface area contributed by atoms with Gasteiger partial charge in [-0.2, -0.15) is 0 Å². The number of rotatable bonds is 2. The van der Waals surface area contributed by atoms with Gasteiger partial charge in [-0.15, -0.1) is 0 Å². The second kappa shape index (κ2) is 3.53. The largest absolute Gasteiger partial charge is 0.297 e. The highest BCUT2D eigenvalue weighted by Gasteiger charge is 2.10. The van der Waals surface area contributed by atoms with E-state index in [1.165, 1.54) is 4.52 Å². The molecule has 2 rings (SSSR count). The van der Waals surface area contributed by atoms with Crippen LogP contribution in [0.1, 0.15) is 37.9 Å². The van der Waals surface area contributed by atoms with Gasteiger partial charge in [0, 0.05) is 23.5 Å². The van der Waals surface area contributed by atoms with Gasteiger partial charge in [-0.3, -0.25) is 9.89 Å². The zero-order chi connectivity index (χ0) is 11.0. The maximum atomic E-state index is 11.7. The van der Waals surface area contributed by atoms with Gasteiger partial charge in [-0.1, -0.05) is 20.8 Å². The molecule has 0 aromatic carbocycles. The molecule has 4 heteroatoms. The Morgan fingerprint density at radius 3 is 2.87 bits per heavy atom. The van der Waals surface area contributed by atoms with Crippen LogP contribution in [-0.2, 0) is 6.42 Å². The molecule has 0 radical (unpaired) electrons. The van der Waals surface area contributed by atoms with E-state index in [2.05, 4.69) is 23.9 Å². The van der Waals surface area contributed by atoms with Gasteiger partial charge in [0.25, 0.3) is 5.56 Å². The molecule has 4 nitrogen and oxygen atoms in total. The summed E-state index contributed by atoms with van der Waals surface area (Å²) in [6, 6.07) is 1.58. The Morgan fingerprint density at radius 1 is 1.53 bits per heavy atom. The summed E-state index contributed by atoms with van der Waals surface area (Å²) in [4.78, 5) is 16.2. The molecule has 0 saturated heterocycles. The molecule has 0 aliphatic carbocycles.